The molecule has 1 fully saturated rings. The van der Waals surface area contributed by atoms with Gasteiger partial charge in [0.1, 0.15) is 5.82 Å². The lowest BCUT2D eigenvalue weighted by molar-refractivity contribution is -0.115. The standard InChI is InChI=1S/C23H30FN5O.HI/c1-2-25-23(27-16-22(30)28-21-7-5-6-20(24)14-21)26-15-18-8-10-19(11-9-18)17-29-12-3-4-13-29;/h5-11,14H,2-4,12-13,15-17H2,1H3,(H,28,30)(H2,25,26,27);1H. The molecule has 0 atom stereocenters. The molecule has 8 heteroatoms. The van der Waals surface area contributed by atoms with Crippen LogP contribution in [0.25, 0.3) is 0 Å². The average molecular weight is 539 g/mol. The van der Waals surface area contributed by atoms with Gasteiger partial charge < -0.3 is 16.0 Å². The van der Waals surface area contributed by atoms with E-state index in [0.717, 1.165) is 12.1 Å². The number of carbonyl (C=O) groups is 1. The van der Waals surface area contributed by atoms with Crippen LogP contribution in [-0.4, -0.2) is 42.9 Å². The number of nitrogens with one attached hydrogen (secondary N) is 3. The second-order valence-electron chi connectivity index (χ2n) is 7.41. The number of carbonyl (C=O) groups excluding carboxylic acids is 1. The molecule has 3 rings (SSSR count). The Kier molecular flexibility index (Phi) is 10.7. The number of benzene rings is 2. The summed E-state index contributed by atoms with van der Waals surface area (Å²) in [7, 11) is 0. The van der Waals surface area contributed by atoms with E-state index in [1.54, 1.807) is 12.1 Å². The first-order valence-electron chi connectivity index (χ1n) is 10.5. The minimum absolute atomic E-state index is 0. The van der Waals surface area contributed by atoms with E-state index < -0.39 is 0 Å². The topological polar surface area (TPSA) is 68.8 Å². The normalized spacial score (nSPS) is 14.1. The fourth-order valence-corrected chi connectivity index (χ4v) is 3.40. The maximum absolute atomic E-state index is 13.2. The summed E-state index contributed by atoms with van der Waals surface area (Å²) in [6, 6.07) is 14.4. The number of nitrogens with zero attached hydrogens (tertiary/aromatic N) is 2. The van der Waals surface area contributed by atoms with E-state index in [2.05, 4.69) is 50.1 Å². The number of hydrogen-bond acceptors (Lipinski definition) is 3. The molecule has 31 heavy (non-hydrogen) atoms. The third-order valence-electron chi connectivity index (χ3n) is 4.92. The zero-order chi connectivity index (χ0) is 21.2. The lowest BCUT2D eigenvalue weighted by Crippen LogP contribution is -2.41. The molecule has 0 spiro atoms. The van der Waals surface area contributed by atoms with Crippen molar-refractivity contribution in [3.8, 4) is 0 Å². The number of guanidine groups is 1. The molecule has 0 unspecified atom stereocenters. The van der Waals surface area contributed by atoms with Crippen LogP contribution >= 0.6 is 24.0 Å². The number of rotatable bonds is 8. The Morgan fingerprint density at radius 2 is 1.77 bits per heavy atom. The highest BCUT2D eigenvalue weighted by Gasteiger charge is 2.11. The minimum atomic E-state index is -0.387. The first-order valence-corrected chi connectivity index (χ1v) is 10.5. The lowest BCUT2D eigenvalue weighted by Gasteiger charge is -2.14. The Hall–Kier alpha value is -2.20. The van der Waals surface area contributed by atoms with E-state index in [-0.39, 0.29) is 42.2 Å². The highest BCUT2D eigenvalue weighted by Crippen LogP contribution is 2.13. The van der Waals surface area contributed by atoms with Gasteiger partial charge in [0, 0.05) is 18.8 Å². The average Bonchev–Trinajstić information content (AvgIpc) is 3.24. The van der Waals surface area contributed by atoms with Crippen molar-refractivity contribution in [2.24, 2.45) is 4.99 Å². The maximum Gasteiger partial charge on any atom is 0.243 e. The second-order valence-corrected chi connectivity index (χ2v) is 7.41. The van der Waals surface area contributed by atoms with Gasteiger partial charge in [-0.05, 0) is 62.2 Å². The lowest BCUT2D eigenvalue weighted by atomic mass is 10.1. The van der Waals surface area contributed by atoms with Gasteiger partial charge in [-0.3, -0.25) is 9.69 Å². The van der Waals surface area contributed by atoms with Crippen LogP contribution in [0.2, 0.25) is 0 Å². The highest BCUT2D eigenvalue weighted by molar-refractivity contribution is 14.0. The van der Waals surface area contributed by atoms with Crippen molar-refractivity contribution in [1.29, 1.82) is 0 Å². The molecule has 2 aromatic rings. The smallest absolute Gasteiger partial charge is 0.243 e. The van der Waals surface area contributed by atoms with Crippen LogP contribution in [0.1, 0.15) is 30.9 Å². The summed E-state index contributed by atoms with van der Waals surface area (Å²) in [5.74, 6) is -0.0902. The predicted octanol–water partition coefficient (Wildman–Crippen LogP) is 3.73. The molecule has 6 nitrogen and oxygen atoms in total. The Morgan fingerprint density at radius 3 is 2.45 bits per heavy atom. The Morgan fingerprint density at radius 1 is 1.06 bits per heavy atom. The molecule has 0 aliphatic carbocycles. The van der Waals surface area contributed by atoms with Crippen molar-refractivity contribution in [2.45, 2.75) is 32.9 Å². The van der Waals surface area contributed by atoms with Gasteiger partial charge in [-0.25, -0.2) is 9.38 Å². The molecule has 168 valence electrons. The van der Waals surface area contributed by atoms with Crippen LogP contribution in [0.5, 0.6) is 0 Å². The van der Waals surface area contributed by atoms with E-state index in [0.29, 0.717) is 24.7 Å². The van der Waals surface area contributed by atoms with Gasteiger partial charge in [0.05, 0.1) is 13.1 Å². The predicted molar refractivity (Wildman–Crippen MR) is 134 cm³/mol. The Labute approximate surface area is 200 Å². The van der Waals surface area contributed by atoms with Crippen LogP contribution < -0.4 is 16.0 Å². The SMILES string of the molecule is CCNC(=NCc1ccc(CN2CCCC2)cc1)NCC(=O)Nc1cccc(F)c1.I. The number of aliphatic imine (C=N–C) groups is 1. The first-order chi connectivity index (χ1) is 14.6. The van der Waals surface area contributed by atoms with Gasteiger partial charge in [0.25, 0.3) is 0 Å². The van der Waals surface area contributed by atoms with Crippen molar-refractivity contribution in [1.82, 2.24) is 15.5 Å². The molecular weight excluding hydrogens is 508 g/mol. The quantitative estimate of drug-likeness (QED) is 0.272. The van der Waals surface area contributed by atoms with Crippen LogP contribution in [0, 0.1) is 5.82 Å². The van der Waals surface area contributed by atoms with Gasteiger partial charge in [0.15, 0.2) is 5.96 Å². The van der Waals surface area contributed by atoms with Gasteiger partial charge in [-0.15, -0.1) is 24.0 Å². The molecular formula is C23H31FIN5O. The van der Waals surface area contributed by atoms with Crippen molar-refractivity contribution in [3.05, 3.63) is 65.5 Å². The van der Waals surface area contributed by atoms with Gasteiger partial charge in [-0.2, -0.15) is 0 Å². The summed E-state index contributed by atoms with van der Waals surface area (Å²) in [6.07, 6.45) is 2.60. The summed E-state index contributed by atoms with van der Waals surface area (Å²) in [5, 5.41) is 8.81. The molecule has 1 aliphatic rings. The molecule has 0 aromatic heterocycles. The summed E-state index contributed by atoms with van der Waals surface area (Å²) >= 11 is 0. The van der Waals surface area contributed by atoms with Gasteiger partial charge in [-0.1, -0.05) is 30.3 Å². The highest BCUT2D eigenvalue weighted by atomic mass is 127. The summed E-state index contributed by atoms with van der Waals surface area (Å²) in [4.78, 5) is 19.1. The molecule has 1 aliphatic heterocycles. The van der Waals surface area contributed by atoms with Crippen LogP contribution in [0.3, 0.4) is 0 Å². The van der Waals surface area contributed by atoms with Crippen molar-refractivity contribution < 1.29 is 9.18 Å². The summed E-state index contributed by atoms with van der Waals surface area (Å²) in [6.45, 7) is 6.60. The zero-order valence-corrected chi connectivity index (χ0v) is 20.2. The van der Waals surface area contributed by atoms with E-state index >= 15 is 0 Å². The molecule has 2 aromatic carbocycles. The number of anilines is 1. The molecule has 0 saturated carbocycles. The number of hydrogen-bond donors (Lipinski definition) is 3. The molecule has 1 saturated heterocycles. The zero-order valence-electron chi connectivity index (χ0n) is 17.9. The van der Waals surface area contributed by atoms with E-state index in [1.165, 1.54) is 43.6 Å². The maximum atomic E-state index is 13.2. The summed E-state index contributed by atoms with van der Waals surface area (Å²) in [5.41, 5.74) is 2.86. The van der Waals surface area contributed by atoms with E-state index in [1.807, 2.05) is 6.92 Å². The van der Waals surface area contributed by atoms with Gasteiger partial charge >= 0.3 is 0 Å². The molecule has 0 radical (unpaired) electrons. The second kappa shape index (κ2) is 13.3. The molecule has 1 amide bonds. The number of halogens is 2. The third-order valence-corrected chi connectivity index (χ3v) is 4.92. The molecule has 0 bridgehead atoms. The largest absolute Gasteiger partial charge is 0.357 e. The summed E-state index contributed by atoms with van der Waals surface area (Å²) < 4.78 is 13.2. The van der Waals surface area contributed by atoms with E-state index in [9.17, 15) is 9.18 Å². The monoisotopic (exact) mass is 539 g/mol. The minimum Gasteiger partial charge on any atom is -0.357 e. The molecule has 3 N–H and O–H groups in total. The first kappa shape index (κ1) is 25.1. The van der Waals surface area contributed by atoms with Gasteiger partial charge in [0.2, 0.25) is 5.91 Å². The van der Waals surface area contributed by atoms with E-state index in [4.69, 9.17) is 0 Å². The van der Waals surface area contributed by atoms with Crippen molar-refractivity contribution in [3.63, 3.8) is 0 Å². The van der Waals surface area contributed by atoms with Crippen molar-refractivity contribution in [2.75, 3.05) is 31.5 Å². The fourth-order valence-electron chi connectivity index (χ4n) is 3.40. The Balaban J connectivity index is 0.00000341. The van der Waals surface area contributed by atoms with Crippen LogP contribution in [-0.2, 0) is 17.9 Å². The van der Waals surface area contributed by atoms with Crippen LogP contribution in [0.15, 0.2) is 53.5 Å². The van der Waals surface area contributed by atoms with Crippen LogP contribution in [0.4, 0.5) is 10.1 Å². The third kappa shape index (κ3) is 8.82. The number of likely N-dealkylation sites (tertiary alicyclic amines) is 1. The molecule has 1 heterocycles. The fraction of sp³-hybridized carbons (Fsp3) is 0.391. The number of amides is 1. The van der Waals surface area contributed by atoms with Crippen molar-refractivity contribution >= 4 is 41.5 Å². The Bertz CT molecular complexity index is 853.